The second kappa shape index (κ2) is 39.5. The van der Waals surface area contributed by atoms with Crippen molar-refractivity contribution in [3.63, 3.8) is 0 Å². The summed E-state index contributed by atoms with van der Waals surface area (Å²) >= 11 is 0. The number of carboxylic acid groups (broad SMARTS) is 4. The molecular weight excluding hydrogens is 921 g/mol. The van der Waals surface area contributed by atoms with E-state index in [9.17, 15) is 63.3 Å². The summed E-state index contributed by atoms with van der Waals surface area (Å²) in [6.07, 6.45) is 21.3. The van der Waals surface area contributed by atoms with Crippen LogP contribution in [0.1, 0.15) is 206 Å². The molecule has 20 heteroatoms. The fourth-order valence-electron chi connectivity index (χ4n) is 8.77. The van der Waals surface area contributed by atoms with Gasteiger partial charge >= 0.3 is 23.9 Å². The molecule has 1 saturated carbocycles. The first-order valence-corrected chi connectivity index (χ1v) is 26.4. The number of aliphatic carboxylic acids is 4. The van der Waals surface area contributed by atoms with E-state index in [4.69, 9.17) is 5.11 Å². The summed E-state index contributed by atoms with van der Waals surface area (Å²) < 4.78 is 0. The largest absolute Gasteiger partial charge is 0.481 e. The molecule has 0 aromatic rings. The van der Waals surface area contributed by atoms with Crippen molar-refractivity contribution in [3.8, 4) is 0 Å². The highest BCUT2D eigenvalue weighted by Gasteiger charge is 2.31. The Kier molecular flexibility index (Phi) is 35.5. The van der Waals surface area contributed by atoms with Gasteiger partial charge in [0.1, 0.15) is 23.9 Å². The molecule has 5 amide bonds. The number of carbonyl (C=O) groups is 10. The van der Waals surface area contributed by atoms with Crippen LogP contribution in [0.25, 0.3) is 0 Å². The number of carboxylic acids is 4. The van der Waals surface area contributed by atoms with Crippen molar-refractivity contribution in [3.05, 3.63) is 0 Å². The minimum atomic E-state index is -1.55. The molecule has 1 aliphatic carbocycles. The van der Waals surface area contributed by atoms with Crippen LogP contribution in [-0.4, -0.2) is 124 Å². The molecule has 0 spiro atoms. The Labute approximate surface area is 420 Å². The van der Waals surface area contributed by atoms with Crippen LogP contribution < -0.4 is 31.9 Å². The van der Waals surface area contributed by atoms with Crippen molar-refractivity contribution in [2.45, 2.75) is 230 Å². The number of unbranched alkanes of at least 4 members (excludes halogenated alkanes) is 16. The van der Waals surface area contributed by atoms with E-state index >= 15 is 0 Å². The molecule has 71 heavy (non-hydrogen) atoms. The van der Waals surface area contributed by atoms with Crippen LogP contribution in [0, 0.1) is 11.8 Å². The molecule has 10 N–H and O–H groups in total. The lowest BCUT2D eigenvalue weighted by molar-refractivity contribution is -0.144. The van der Waals surface area contributed by atoms with Crippen LogP contribution in [0.4, 0.5) is 0 Å². The number of hydrogen-bond acceptors (Lipinski definition) is 11. The zero-order chi connectivity index (χ0) is 52.8. The first-order valence-electron chi connectivity index (χ1n) is 26.4. The third kappa shape index (κ3) is 33.2. The van der Waals surface area contributed by atoms with Crippen LogP contribution >= 0.6 is 0 Å². The quantitative estimate of drug-likeness (QED) is 0.0336. The maximum Gasteiger partial charge on any atom is 0.326 e. The SMILES string of the molecule is CNC(CCCCNC(=O)CC[C@H](NC(=O)CC[C@H](NC(=O)CC[C@H](NC(=O)[C@H]1CC[C@H](CNC(=O)CCCCCCCCCCCCCCCCCCC(=O)O)CC1)C(=O)O)C(=O)O)C(=O)O)C(C)=O. The van der Waals surface area contributed by atoms with E-state index in [1.165, 1.54) is 71.1 Å². The number of hydrogen-bond donors (Lipinski definition) is 10. The fourth-order valence-corrected chi connectivity index (χ4v) is 8.77. The minimum Gasteiger partial charge on any atom is -0.481 e. The molecule has 1 fully saturated rings. The van der Waals surface area contributed by atoms with Gasteiger partial charge in [0.25, 0.3) is 0 Å². The summed E-state index contributed by atoms with van der Waals surface area (Å²) in [5.74, 6) is -7.65. The van der Waals surface area contributed by atoms with Gasteiger partial charge in [-0.25, -0.2) is 14.4 Å². The zero-order valence-electron chi connectivity index (χ0n) is 42.7. The molecule has 0 radical (unpaired) electrons. The topological polar surface area (TPSA) is 324 Å². The lowest BCUT2D eigenvalue weighted by Crippen LogP contribution is -2.46. The molecule has 0 aliphatic heterocycles. The van der Waals surface area contributed by atoms with Crippen molar-refractivity contribution < 1.29 is 68.4 Å². The summed E-state index contributed by atoms with van der Waals surface area (Å²) in [6.45, 7) is 2.33. The summed E-state index contributed by atoms with van der Waals surface area (Å²) in [6, 6.07) is -4.66. The van der Waals surface area contributed by atoms with E-state index in [0.29, 0.717) is 64.5 Å². The Balaban J connectivity index is 2.27. The molecule has 0 aromatic heterocycles. The van der Waals surface area contributed by atoms with Crippen LogP contribution in [0.15, 0.2) is 0 Å². The number of carbonyl (C=O) groups excluding carboxylic acids is 6. The Morgan fingerprint density at radius 1 is 0.423 bits per heavy atom. The molecule has 0 aromatic carbocycles. The van der Waals surface area contributed by atoms with E-state index in [2.05, 4.69) is 31.9 Å². The van der Waals surface area contributed by atoms with Crippen molar-refractivity contribution >= 4 is 59.2 Å². The zero-order valence-corrected chi connectivity index (χ0v) is 42.7. The maximum atomic E-state index is 13.1. The van der Waals surface area contributed by atoms with E-state index in [1.807, 2.05) is 0 Å². The van der Waals surface area contributed by atoms with Gasteiger partial charge in [-0.1, -0.05) is 89.9 Å². The van der Waals surface area contributed by atoms with Crippen LogP contribution in [0.2, 0.25) is 0 Å². The summed E-state index contributed by atoms with van der Waals surface area (Å²) in [5.41, 5.74) is 0. The highest BCUT2D eigenvalue weighted by atomic mass is 16.4. The van der Waals surface area contributed by atoms with E-state index in [0.717, 1.165) is 38.5 Å². The first kappa shape index (κ1) is 63.9. The second-order valence-electron chi connectivity index (χ2n) is 19.3. The summed E-state index contributed by atoms with van der Waals surface area (Å²) in [5, 5.41) is 53.3. The van der Waals surface area contributed by atoms with Crippen LogP contribution in [-0.2, 0) is 47.9 Å². The van der Waals surface area contributed by atoms with Gasteiger partial charge in [-0.05, 0) is 96.9 Å². The normalized spacial score (nSPS) is 16.1. The minimum absolute atomic E-state index is 0.0152. The summed E-state index contributed by atoms with van der Waals surface area (Å²) in [4.78, 5) is 121. The third-order valence-electron chi connectivity index (χ3n) is 13.3. The second-order valence-corrected chi connectivity index (χ2v) is 19.3. The molecule has 4 atom stereocenters. The predicted molar refractivity (Wildman–Crippen MR) is 266 cm³/mol. The highest BCUT2D eigenvalue weighted by Crippen LogP contribution is 2.29. The fraction of sp³-hybridized carbons (Fsp3) is 0.804. The Hall–Kier alpha value is -5.14. The smallest absolute Gasteiger partial charge is 0.326 e. The number of nitrogens with one attached hydrogen (secondary N) is 6. The van der Waals surface area contributed by atoms with E-state index < -0.39 is 90.8 Å². The molecule has 0 saturated heterocycles. The molecule has 406 valence electrons. The summed E-state index contributed by atoms with van der Waals surface area (Å²) in [7, 11) is 1.69. The van der Waals surface area contributed by atoms with Crippen molar-refractivity contribution in [2.75, 3.05) is 20.1 Å². The number of likely N-dealkylation sites (N-methyl/N-ethyl adjacent to an activating group) is 1. The number of rotatable bonds is 44. The lowest BCUT2D eigenvalue weighted by Gasteiger charge is -2.28. The number of amides is 5. The number of ketones is 1. The number of Topliss-reactive ketones (excluding diaryl/α,β-unsaturated/α-hetero) is 1. The van der Waals surface area contributed by atoms with Crippen molar-refractivity contribution in [1.82, 2.24) is 31.9 Å². The molecule has 1 aliphatic rings. The first-order chi connectivity index (χ1) is 33.9. The van der Waals surface area contributed by atoms with Gasteiger partial charge in [0.05, 0.1) is 6.04 Å². The average Bonchev–Trinajstić information content (AvgIpc) is 3.32. The van der Waals surface area contributed by atoms with Crippen molar-refractivity contribution in [2.24, 2.45) is 11.8 Å². The van der Waals surface area contributed by atoms with Gasteiger partial charge < -0.3 is 52.3 Å². The Bertz CT molecular complexity index is 1640. The van der Waals surface area contributed by atoms with Gasteiger partial charge in [0, 0.05) is 51.1 Å². The maximum absolute atomic E-state index is 13.1. The van der Waals surface area contributed by atoms with Gasteiger partial charge in [-0.3, -0.25) is 33.6 Å². The van der Waals surface area contributed by atoms with Crippen molar-refractivity contribution in [1.29, 1.82) is 0 Å². The van der Waals surface area contributed by atoms with Crippen LogP contribution in [0.5, 0.6) is 0 Å². The monoisotopic (exact) mass is 1010 g/mol. The molecule has 0 heterocycles. The molecule has 1 unspecified atom stereocenters. The van der Waals surface area contributed by atoms with E-state index in [1.54, 1.807) is 7.05 Å². The van der Waals surface area contributed by atoms with Gasteiger partial charge in [0.15, 0.2) is 0 Å². The highest BCUT2D eigenvalue weighted by molar-refractivity contribution is 5.88. The molecule has 20 nitrogen and oxygen atoms in total. The Morgan fingerprint density at radius 2 is 0.817 bits per heavy atom. The standard InChI is InChI=1S/C51H88N6O14/c1-36(58)39(52-2)21-19-20-34-53-44(60)31-28-40(49(66)67)55-45(61)32-29-41(50(68)69)56-46(62)33-30-42(51(70)71)57-48(65)38-26-24-37(25-27-38)35-54-43(59)22-17-15-13-11-9-7-5-3-4-6-8-10-12-14-16-18-23-47(63)64/h37-42,52H,3-35H2,1-2H3,(H,53,60)(H,54,59)(H,55,61)(H,56,62)(H,57,65)(H,63,64)(H,66,67)(H,68,69)(H,70,71)/t37-,38-,39?,40-,41-,42-/m0/s1. The molecule has 0 bridgehead atoms. The van der Waals surface area contributed by atoms with Gasteiger partial charge in [0.2, 0.25) is 29.5 Å². The predicted octanol–water partition coefficient (Wildman–Crippen LogP) is 5.53. The average molecular weight is 1010 g/mol. The van der Waals surface area contributed by atoms with Crippen LogP contribution in [0.3, 0.4) is 0 Å². The molecular formula is C51H88N6O14. The third-order valence-corrected chi connectivity index (χ3v) is 13.3. The Morgan fingerprint density at radius 3 is 1.23 bits per heavy atom. The van der Waals surface area contributed by atoms with Gasteiger partial charge in [-0.2, -0.15) is 0 Å². The molecule has 1 rings (SSSR count). The van der Waals surface area contributed by atoms with E-state index in [-0.39, 0.29) is 49.3 Å². The van der Waals surface area contributed by atoms with Gasteiger partial charge in [-0.15, -0.1) is 0 Å². The lowest BCUT2D eigenvalue weighted by atomic mass is 9.81.